The number of benzene rings is 2. The Bertz CT molecular complexity index is 1180. The minimum Gasteiger partial charge on any atom is -0.355 e. The average Bonchev–Trinajstić information content (AvgIpc) is 2.71. The lowest BCUT2D eigenvalue weighted by Gasteiger charge is -2.18. The maximum atomic E-state index is 13.3. The van der Waals surface area contributed by atoms with Crippen LogP contribution in [0, 0.1) is 23.0 Å². The van der Waals surface area contributed by atoms with Gasteiger partial charge in [-0.15, -0.1) is 0 Å². The Morgan fingerprint density at radius 3 is 2.55 bits per heavy atom. The molecule has 0 radical (unpaired) electrons. The molecule has 0 atom stereocenters. The van der Waals surface area contributed by atoms with Crippen LogP contribution in [0.15, 0.2) is 65.7 Å². The number of aromatic nitrogens is 1. The quantitative estimate of drug-likeness (QED) is 0.665. The van der Waals surface area contributed by atoms with E-state index in [1.165, 1.54) is 18.3 Å². The molecular weight excluding hydrogens is 398 g/mol. The summed E-state index contributed by atoms with van der Waals surface area (Å²) in [6, 6.07) is 14.8. The van der Waals surface area contributed by atoms with Gasteiger partial charge in [0.25, 0.3) is 10.0 Å². The van der Waals surface area contributed by atoms with Gasteiger partial charge in [-0.25, -0.2) is 22.2 Å². The van der Waals surface area contributed by atoms with Gasteiger partial charge in [0.15, 0.2) is 11.6 Å². The number of nitrogens with zero attached hydrogens (tertiary/aromatic N) is 3. The largest absolute Gasteiger partial charge is 0.355 e. The summed E-state index contributed by atoms with van der Waals surface area (Å²) >= 11 is 0. The van der Waals surface area contributed by atoms with E-state index < -0.39 is 21.7 Å². The van der Waals surface area contributed by atoms with Gasteiger partial charge in [-0.1, -0.05) is 12.1 Å². The molecule has 6 nitrogen and oxygen atoms in total. The van der Waals surface area contributed by atoms with E-state index in [0.29, 0.717) is 17.9 Å². The lowest BCUT2D eigenvalue weighted by atomic mass is 10.1. The Hall–Kier alpha value is -3.51. The van der Waals surface area contributed by atoms with Gasteiger partial charge in [0.05, 0.1) is 17.3 Å². The first kappa shape index (κ1) is 20.2. The van der Waals surface area contributed by atoms with Crippen LogP contribution in [0.1, 0.15) is 11.1 Å². The van der Waals surface area contributed by atoms with Gasteiger partial charge < -0.3 is 4.90 Å². The van der Waals surface area contributed by atoms with Crippen LogP contribution < -0.4 is 9.62 Å². The van der Waals surface area contributed by atoms with Crippen LogP contribution in [0.3, 0.4) is 0 Å². The molecule has 3 aromatic rings. The van der Waals surface area contributed by atoms with E-state index in [1.54, 1.807) is 30.1 Å². The van der Waals surface area contributed by atoms with Crippen molar-refractivity contribution in [2.24, 2.45) is 0 Å². The number of halogens is 2. The van der Waals surface area contributed by atoms with Crippen LogP contribution >= 0.6 is 0 Å². The summed E-state index contributed by atoms with van der Waals surface area (Å²) in [6.45, 7) is 0.474. The molecule has 1 aromatic heterocycles. The Kier molecular flexibility index (Phi) is 5.75. The molecule has 0 aliphatic carbocycles. The summed E-state index contributed by atoms with van der Waals surface area (Å²) in [4.78, 5) is 5.85. The predicted octanol–water partition coefficient (Wildman–Crippen LogP) is 3.67. The van der Waals surface area contributed by atoms with Crippen molar-refractivity contribution in [3.63, 3.8) is 0 Å². The Morgan fingerprint density at radius 2 is 1.90 bits per heavy atom. The number of nitriles is 1. The van der Waals surface area contributed by atoms with Gasteiger partial charge in [0.2, 0.25) is 0 Å². The van der Waals surface area contributed by atoms with Gasteiger partial charge in [-0.2, -0.15) is 5.26 Å². The van der Waals surface area contributed by atoms with E-state index >= 15 is 0 Å². The number of pyridine rings is 1. The van der Waals surface area contributed by atoms with Crippen molar-refractivity contribution in [1.29, 1.82) is 5.26 Å². The van der Waals surface area contributed by atoms with Gasteiger partial charge in [-0.3, -0.25) is 4.72 Å². The molecule has 148 valence electrons. The lowest BCUT2D eigenvalue weighted by Crippen LogP contribution is -2.18. The van der Waals surface area contributed by atoms with E-state index in [9.17, 15) is 17.2 Å². The highest BCUT2D eigenvalue weighted by Gasteiger charge is 2.16. The summed E-state index contributed by atoms with van der Waals surface area (Å²) in [6.07, 6.45) is 1.18. The topological polar surface area (TPSA) is 86.1 Å². The molecule has 9 heteroatoms. The fourth-order valence-corrected chi connectivity index (χ4v) is 3.62. The summed E-state index contributed by atoms with van der Waals surface area (Å²) in [5, 5.41) is 8.98. The van der Waals surface area contributed by atoms with Crippen LogP contribution in [0.25, 0.3) is 0 Å². The predicted molar refractivity (Wildman–Crippen MR) is 105 cm³/mol. The third-order valence-corrected chi connectivity index (χ3v) is 5.44. The van der Waals surface area contributed by atoms with Crippen molar-refractivity contribution >= 4 is 21.5 Å². The normalized spacial score (nSPS) is 11.0. The molecule has 3 rings (SSSR count). The van der Waals surface area contributed by atoms with Crippen LogP contribution in [0.2, 0.25) is 0 Å². The highest BCUT2D eigenvalue weighted by atomic mass is 32.2. The van der Waals surface area contributed by atoms with Crippen molar-refractivity contribution in [1.82, 2.24) is 4.98 Å². The van der Waals surface area contributed by atoms with Crippen LogP contribution in [-0.2, 0) is 16.6 Å². The highest BCUT2D eigenvalue weighted by Crippen LogP contribution is 2.20. The minimum absolute atomic E-state index is 0.0949. The molecule has 0 aliphatic heterocycles. The fourth-order valence-electron chi connectivity index (χ4n) is 2.63. The first-order valence-corrected chi connectivity index (χ1v) is 9.91. The first-order valence-electron chi connectivity index (χ1n) is 8.42. The van der Waals surface area contributed by atoms with E-state index in [1.807, 2.05) is 6.07 Å². The number of nitrogens with one attached hydrogen (secondary N) is 1. The third kappa shape index (κ3) is 4.86. The Morgan fingerprint density at radius 1 is 1.10 bits per heavy atom. The molecule has 0 bridgehead atoms. The van der Waals surface area contributed by atoms with Crippen LogP contribution in [0.5, 0.6) is 0 Å². The number of hydrogen-bond donors (Lipinski definition) is 1. The van der Waals surface area contributed by atoms with Gasteiger partial charge in [0.1, 0.15) is 10.7 Å². The first-order chi connectivity index (χ1) is 13.8. The second kappa shape index (κ2) is 8.24. The third-order valence-electron chi connectivity index (χ3n) is 4.07. The highest BCUT2D eigenvalue weighted by molar-refractivity contribution is 7.92. The average molecular weight is 414 g/mol. The maximum absolute atomic E-state index is 13.3. The second-order valence-corrected chi connectivity index (χ2v) is 7.94. The van der Waals surface area contributed by atoms with Gasteiger partial charge in [-0.05, 0) is 42.0 Å². The molecule has 29 heavy (non-hydrogen) atoms. The van der Waals surface area contributed by atoms with Crippen molar-refractivity contribution in [2.75, 3.05) is 16.7 Å². The zero-order chi connectivity index (χ0) is 21.0. The molecule has 1 N–H and O–H groups in total. The summed E-state index contributed by atoms with van der Waals surface area (Å²) in [5.74, 6) is -1.69. The second-order valence-electron chi connectivity index (χ2n) is 6.25. The molecule has 0 amide bonds. The number of hydrogen-bond acceptors (Lipinski definition) is 5. The zero-order valence-electron chi connectivity index (χ0n) is 15.3. The van der Waals surface area contributed by atoms with Crippen molar-refractivity contribution in [2.45, 2.75) is 11.4 Å². The molecule has 0 saturated heterocycles. The lowest BCUT2D eigenvalue weighted by molar-refractivity contribution is 0.509. The SMILES string of the molecule is CN(Cc1cccc(C#N)c1)c1ccc(S(=O)(=O)Nc2ccc(F)c(F)c2)cn1. The molecular formula is C20H16F2N4O2S. The molecule has 0 unspecified atom stereocenters. The number of rotatable bonds is 6. The van der Waals surface area contributed by atoms with Crippen molar-refractivity contribution in [3.05, 3.63) is 83.6 Å². The molecule has 0 aliphatic rings. The summed E-state index contributed by atoms with van der Waals surface area (Å²) in [7, 11) is -2.22. The van der Waals surface area contributed by atoms with E-state index in [-0.39, 0.29) is 10.6 Å². The van der Waals surface area contributed by atoms with Crippen molar-refractivity contribution in [3.8, 4) is 6.07 Å². The van der Waals surface area contributed by atoms with E-state index in [2.05, 4.69) is 15.8 Å². The number of anilines is 2. The smallest absolute Gasteiger partial charge is 0.263 e. The summed E-state index contributed by atoms with van der Waals surface area (Å²) in [5.41, 5.74) is 1.36. The zero-order valence-corrected chi connectivity index (χ0v) is 16.1. The number of sulfonamides is 1. The van der Waals surface area contributed by atoms with Crippen LogP contribution in [0.4, 0.5) is 20.3 Å². The molecule has 0 fully saturated rings. The molecule has 0 spiro atoms. The van der Waals surface area contributed by atoms with Crippen LogP contribution in [-0.4, -0.2) is 20.4 Å². The maximum Gasteiger partial charge on any atom is 0.263 e. The Balaban J connectivity index is 1.74. The molecule has 0 saturated carbocycles. The minimum atomic E-state index is -4.01. The fraction of sp³-hybridized carbons (Fsp3) is 0.100. The van der Waals surface area contributed by atoms with E-state index in [4.69, 9.17) is 5.26 Å². The van der Waals surface area contributed by atoms with E-state index in [0.717, 1.165) is 23.8 Å². The van der Waals surface area contributed by atoms with Gasteiger partial charge in [0, 0.05) is 25.9 Å². The summed E-state index contributed by atoms with van der Waals surface area (Å²) < 4.78 is 53.3. The standard InChI is InChI=1S/C20H16F2N4O2S/c1-26(13-15-4-2-3-14(9-15)11-23)20-8-6-17(12-24-20)29(27,28)25-16-5-7-18(21)19(22)10-16/h2-10,12,25H,13H2,1H3. The molecule has 1 heterocycles. The van der Waals surface area contributed by atoms with Crippen molar-refractivity contribution < 1.29 is 17.2 Å². The molecule has 2 aromatic carbocycles. The van der Waals surface area contributed by atoms with Gasteiger partial charge >= 0.3 is 0 Å². The monoisotopic (exact) mass is 414 g/mol. The Labute approximate surface area is 167 Å².